The summed E-state index contributed by atoms with van der Waals surface area (Å²) in [4.78, 5) is 28.1. The molecule has 3 N–H and O–H groups in total. The highest BCUT2D eigenvalue weighted by Gasteiger charge is 2.27. The van der Waals surface area contributed by atoms with Crippen LogP contribution in [0.5, 0.6) is 0 Å². The van der Waals surface area contributed by atoms with Gasteiger partial charge >= 0.3 is 11.9 Å². The maximum Gasteiger partial charge on any atom is 0.312 e. The number of urea groups is 1. The van der Waals surface area contributed by atoms with E-state index in [0.29, 0.717) is 13.1 Å². The van der Waals surface area contributed by atoms with Crippen LogP contribution in [-0.2, 0) is 0 Å². The zero-order chi connectivity index (χ0) is 12.3. The summed E-state index contributed by atoms with van der Waals surface area (Å²) >= 11 is 0. The van der Waals surface area contributed by atoms with Gasteiger partial charge in [-0.15, -0.1) is 0 Å². The predicted octanol–water partition coefficient (Wildman–Crippen LogP) is -0.0525. The van der Waals surface area contributed by atoms with Crippen LogP contribution in [0.1, 0.15) is 23.5 Å². The molecule has 1 aliphatic rings. The molecule has 1 aromatic heterocycles. The molecular weight excluding hydrogens is 224 g/mol. The first-order chi connectivity index (χ1) is 8.16. The maximum absolute atomic E-state index is 11.9. The van der Waals surface area contributed by atoms with E-state index >= 15 is 0 Å². The molecule has 0 unspecified atom stereocenters. The van der Waals surface area contributed by atoms with Crippen molar-refractivity contribution in [1.29, 1.82) is 0 Å². The van der Waals surface area contributed by atoms with Gasteiger partial charge in [-0.3, -0.25) is 4.79 Å². The Balaban J connectivity index is 1.97. The van der Waals surface area contributed by atoms with Crippen LogP contribution in [0.25, 0.3) is 0 Å². The Hall–Kier alpha value is -2.05. The van der Waals surface area contributed by atoms with E-state index in [1.54, 1.807) is 4.90 Å². The summed E-state index contributed by atoms with van der Waals surface area (Å²) in [6.45, 7) is 1.07. The van der Waals surface area contributed by atoms with Crippen molar-refractivity contribution in [2.75, 3.05) is 13.1 Å². The molecular formula is C10H14N4O3. The molecule has 2 heterocycles. The van der Waals surface area contributed by atoms with Gasteiger partial charge in [0, 0.05) is 19.1 Å². The van der Waals surface area contributed by atoms with Crippen LogP contribution in [0.15, 0.2) is 16.9 Å². The van der Waals surface area contributed by atoms with Gasteiger partial charge < -0.3 is 20.4 Å². The Labute approximate surface area is 98.0 Å². The summed E-state index contributed by atoms with van der Waals surface area (Å²) in [6, 6.07) is -0.666. The molecule has 0 aliphatic carbocycles. The van der Waals surface area contributed by atoms with Crippen molar-refractivity contribution < 1.29 is 14.0 Å². The smallest absolute Gasteiger partial charge is 0.312 e. The third-order valence-corrected chi connectivity index (χ3v) is 2.67. The number of aromatic nitrogens is 1. The third kappa shape index (κ3) is 2.74. The monoisotopic (exact) mass is 238 g/mol. The summed E-state index contributed by atoms with van der Waals surface area (Å²) < 4.78 is 4.95. The van der Waals surface area contributed by atoms with Crippen molar-refractivity contribution >= 4 is 11.9 Å². The molecule has 92 valence electrons. The normalized spacial score (nSPS) is 20.0. The number of nitrogens with two attached hydrogens (primary N) is 1. The van der Waals surface area contributed by atoms with Crippen LogP contribution < -0.4 is 11.1 Å². The number of carbonyl (C=O) groups excluding carboxylic acids is 2. The molecule has 0 spiro atoms. The van der Waals surface area contributed by atoms with E-state index in [4.69, 9.17) is 10.2 Å². The summed E-state index contributed by atoms with van der Waals surface area (Å²) in [6.07, 6.45) is 4.42. The van der Waals surface area contributed by atoms with Crippen LogP contribution in [-0.4, -0.2) is 41.0 Å². The predicted molar refractivity (Wildman–Crippen MR) is 58.1 cm³/mol. The number of hydrogen-bond donors (Lipinski definition) is 2. The Bertz CT molecular complexity index is 404. The van der Waals surface area contributed by atoms with E-state index in [-0.39, 0.29) is 17.8 Å². The third-order valence-electron chi connectivity index (χ3n) is 2.67. The second-order valence-corrected chi connectivity index (χ2v) is 3.94. The van der Waals surface area contributed by atoms with Gasteiger partial charge in [-0.1, -0.05) is 0 Å². The van der Waals surface area contributed by atoms with Gasteiger partial charge in [-0.25, -0.2) is 9.78 Å². The van der Waals surface area contributed by atoms with Crippen LogP contribution in [0.2, 0.25) is 0 Å². The number of hydrogen-bond acceptors (Lipinski definition) is 4. The number of piperidine rings is 1. The zero-order valence-corrected chi connectivity index (χ0v) is 9.26. The fraction of sp³-hybridized carbons (Fsp3) is 0.500. The van der Waals surface area contributed by atoms with Gasteiger partial charge in [0.05, 0.1) is 6.20 Å². The number of nitrogens with zero attached hydrogens (tertiary/aromatic N) is 2. The van der Waals surface area contributed by atoms with Gasteiger partial charge in [0.2, 0.25) is 0 Å². The number of rotatable bonds is 2. The van der Waals surface area contributed by atoms with Gasteiger partial charge in [-0.2, -0.15) is 0 Å². The lowest BCUT2D eigenvalue weighted by Gasteiger charge is -2.31. The van der Waals surface area contributed by atoms with Crippen molar-refractivity contribution in [3.05, 3.63) is 18.4 Å². The SMILES string of the molecule is NC(=O)N[C@@H]1CCCN(C(=O)c2ncco2)C1. The minimum Gasteiger partial charge on any atom is -0.441 e. The molecule has 1 aliphatic heterocycles. The number of nitrogens with one attached hydrogen (secondary N) is 1. The van der Waals surface area contributed by atoms with E-state index in [2.05, 4.69) is 10.3 Å². The average Bonchev–Trinajstić information content (AvgIpc) is 2.81. The molecule has 0 radical (unpaired) electrons. The van der Waals surface area contributed by atoms with Gasteiger partial charge in [0.15, 0.2) is 0 Å². The lowest BCUT2D eigenvalue weighted by atomic mass is 10.1. The number of likely N-dealkylation sites (tertiary alicyclic amines) is 1. The number of primary amides is 1. The highest BCUT2D eigenvalue weighted by Crippen LogP contribution is 2.12. The fourth-order valence-electron chi connectivity index (χ4n) is 1.94. The second kappa shape index (κ2) is 4.86. The topological polar surface area (TPSA) is 101 Å². The zero-order valence-electron chi connectivity index (χ0n) is 9.26. The lowest BCUT2D eigenvalue weighted by Crippen LogP contribution is -2.50. The van der Waals surface area contributed by atoms with E-state index in [0.717, 1.165) is 12.8 Å². The highest BCUT2D eigenvalue weighted by atomic mass is 16.4. The van der Waals surface area contributed by atoms with Crippen LogP contribution in [0.4, 0.5) is 4.79 Å². The molecule has 1 saturated heterocycles. The largest absolute Gasteiger partial charge is 0.441 e. The van der Waals surface area contributed by atoms with Gasteiger partial charge in [0.25, 0.3) is 5.89 Å². The summed E-state index contributed by atoms with van der Waals surface area (Å²) in [5, 5.41) is 2.61. The summed E-state index contributed by atoms with van der Waals surface area (Å²) in [5.74, 6) is -0.185. The first-order valence-electron chi connectivity index (χ1n) is 5.41. The maximum atomic E-state index is 11.9. The second-order valence-electron chi connectivity index (χ2n) is 3.94. The van der Waals surface area contributed by atoms with E-state index in [1.165, 1.54) is 12.5 Å². The van der Waals surface area contributed by atoms with E-state index < -0.39 is 6.03 Å². The summed E-state index contributed by atoms with van der Waals surface area (Å²) in [7, 11) is 0. The fourth-order valence-corrected chi connectivity index (χ4v) is 1.94. The highest BCUT2D eigenvalue weighted by molar-refractivity contribution is 5.89. The first-order valence-corrected chi connectivity index (χ1v) is 5.41. The molecule has 2 rings (SSSR count). The van der Waals surface area contributed by atoms with Crippen LogP contribution in [0.3, 0.4) is 0 Å². The molecule has 0 saturated carbocycles. The molecule has 0 bridgehead atoms. The standard InChI is InChI=1S/C10H14N4O3/c11-10(16)13-7-2-1-4-14(6-7)9(15)8-12-3-5-17-8/h3,5,7H,1-2,4,6H2,(H3,11,13,16)/t7-/m1/s1. The molecule has 1 atom stereocenters. The molecule has 17 heavy (non-hydrogen) atoms. The molecule has 7 heteroatoms. The minimum atomic E-state index is -0.569. The average molecular weight is 238 g/mol. The van der Waals surface area contributed by atoms with Gasteiger partial charge in [-0.05, 0) is 12.8 Å². The number of carbonyl (C=O) groups is 2. The Kier molecular flexibility index (Phi) is 3.27. The molecule has 7 nitrogen and oxygen atoms in total. The van der Waals surface area contributed by atoms with Gasteiger partial charge in [0.1, 0.15) is 6.26 Å². The van der Waals surface area contributed by atoms with Crippen molar-refractivity contribution in [3.8, 4) is 0 Å². The van der Waals surface area contributed by atoms with Crippen molar-refractivity contribution in [2.24, 2.45) is 5.73 Å². The van der Waals surface area contributed by atoms with E-state index in [9.17, 15) is 9.59 Å². The van der Waals surface area contributed by atoms with Crippen LogP contribution >= 0.6 is 0 Å². The van der Waals surface area contributed by atoms with E-state index in [1.807, 2.05) is 0 Å². The van der Waals surface area contributed by atoms with Crippen molar-refractivity contribution in [2.45, 2.75) is 18.9 Å². The Morgan fingerprint density at radius 3 is 3.06 bits per heavy atom. The molecule has 0 aromatic carbocycles. The van der Waals surface area contributed by atoms with Crippen molar-refractivity contribution in [1.82, 2.24) is 15.2 Å². The van der Waals surface area contributed by atoms with Crippen molar-refractivity contribution in [3.63, 3.8) is 0 Å². The molecule has 1 fully saturated rings. The Morgan fingerprint density at radius 2 is 2.41 bits per heavy atom. The number of amides is 3. The lowest BCUT2D eigenvalue weighted by molar-refractivity contribution is 0.0658. The Morgan fingerprint density at radius 1 is 1.59 bits per heavy atom. The molecule has 3 amide bonds. The molecule has 1 aromatic rings. The number of oxazole rings is 1. The first kappa shape index (κ1) is 11.4. The minimum absolute atomic E-state index is 0.0738. The quantitative estimate of drug-likeness (QED) is 0.754. The van der Waals surface area contributed by atoms with Crippen LogP contribution in [0, 0.1) is 0 Å². The summed E-state index contributed by atoms with van der Waals surface area (Å²) in [5.41, 5.74) is 5.06.